The van der Waals surface area contributed by atoms with Gasteiger partial charge >= 0.3 is 0 Å². The number of thiol groups is 1. The molecule has 2 N–H and O–H groups in total. The fourth-order valence-electron chi connectivity index (χ4n) is 3.62. The van der Waals surface area contributed by atoms with Gasteiger partial charge in [-0.15, -0.1) is 0 Å². The molecule has 1 saturated heterocycles. The lowest BCUT2D eigenvalue weighted by atomic mass is 9.84. The average molecular weight is 482 g/mol. The van der Waals surface area contributed by atoms with Crippen LogP contribution in [-0.4, -0.2) is 46.0 Å². The average Bonchev–Trinajstić information content (AvgIpc) is 2.79. The molecule has 0 radical (unpaired) electrons. The van der Waals surface area contributed by atoms with Crippen LogP contribution in [0.3, 0.4) is 0 Å². The van der Waals surface area contributed by atoms with Gasteiger partial charge < -0.3 is 10.2 Å². The van der Waals surface area contributed by atoms with E-state index < -0.39 is 11.8 Å². The first-order valence-corrected chi connectivity index (χ1v) is 12.1. The van der Waals surface area contributed by atoms with Crippen molar-refractivity contribution in [2.24, 2.45) is 0 Å². The molecule has 4 nitrogen and oxygen atoms in total. The second kappa shape index (κ2) is 13.3. The van der Waals surface area contributed by atoms with Crippen molar-refractivity contribution in [3.8, 4) is 0 Å². The summed E-state index contributed by atoms with van der Waals surface area (Å²) < 4.78 is 12.9. The number of carbonyl (C=O) groups is 1. The smallest absolute Gasteiger partial charge is 0.163 e. The number of benzene rings is 2. The number of piperidine rings is 1. The van der Waals surface area contributed by atoms with E-state index in [1.54, 1.807) is 12.1 Å². The Bertz CT molecular complexity index is 822. The van der Waals surface area contributed by atoms with Crippen molar-refractivity contribution in [2.75, 3.05) is 18.8 Å². The zero-order chi connectivity index (χ0) is 23.6. The number of Topliss-reactive ketones (excluding diaryl/α,β-unsaturated/α-hetero) is 1. The van der Waals surface area contributed by atoms with Gasteiger partial charge in [-0.05, 0) is 73.4 Å². The fraction of sp³-hybridized carbons (Fsp3) is 0.480. The Morgan fingerprint density at radius 1 is 1.16 bits per heavy atom. The van der Waals surface area contributed by atoms with Crippen molar-refractivity contribution >= 4 is 30.0 Å². The maximum atomic E-state index is 12.9. The van der Waals surface area contributed by atoms with E-state index in [0.29, 0.717) is 42.9 Å². The highest BCUT2D eigenvalue weighted by Gasteiger charge is 2.35. The van der Waals surface area contributed by atoms with Crippen LogP contribution in [0.25, 0.3) is 0 Å². The Morgan fingerprint density at radius 3 is 2.25 bits per heavy atom. The highest BCUT2D eigenvalue weighted by Crippen LogP contribution is 2.34. The van der Waals surface area contributed by atoms with Crippen LogP contribution in [0.15, 0.2) is 48.5 Å². The van der Waals surface area contributed by atoms with Gasteiger partial charge in [-0.25, -0.2) is 4.39 Å². The van der Waals surface area contributed by atoms with E-state index >= 15 is 0 Å². The van der Waals surface area contributed by atoms with Gasteiger partial charge in [0, 0.05) is 30.1 Å². The van der Waals surface area contributed by atoms with Crippen LogP contribution in [0.1, 0.15) is 61.4 Å². The Kier molecular flexibility index (Phi) is 11.2. The second-order valence-electron chi connectivity index (χ2n) is 8.10. The minimum Gasteiger partial charge on any atom is -0.385 e. The molecular formula is C25H33ClFNO3S. The highest BCUT2D eigenvalue weighted by molar-refractivity contribution is 7.80. The van der Waals surface area contributed by atoms with E-state index in [-0.39, 0.29) is 18.0 Å². The van der Waals surface area contributed by atoms with Crippen LogP contribution in [-0.2, 0) is 5.60 Å². The Morgan fingerprint density at radius 2 is 1.75 bits per heavy atom. The normalized spacial score (nSPS) is 16.7. The van der Waals surface area contributed by atoms with Crippen LogP contribution >= 0.6 is 24.2 Å². The number of nitrogens with zero attached hydrogens (tertiary/aromatic N) is 1. The molecule has 1 aliphatic rings. The lowest BCUT2D eigenvalue weighted by Gasteiger charge is -2.40. The van der Waals surface area contributed by atoms with Gasteiger partial charge in [0.2, 0.25) is 0 Å². The number of carbonyl (C=O) groups excluding carboxylic acids is 1. The third-order valence-electron chi connectivity index (χ3n) is 5.74. The molecule has 2 aromatic carbocycles. The molecule has 176 valence electrons. The van der Waals surface area contributed by atoms with Crippen molar-refractivity contribution in [3.63, 3.8) is 0 Å². The van der Waals surface area contributed by atoms with E-state index in [0.717, 1.165) is 11.3 Å². The summed E-state index contributed by atoms with van der Waals surface area (Å²) in [5.41, 5.74) is 0.344. The molecule has 3 rings (SSSR count). The first-order valence-electron chi connectivity index (χ1n) is 11.1. The minimum absolute atomic E-state index is 0.122. The molecular weight excluding hydrogens is 449 g/mol. The van der Waals surface area contributed by atoms with Crippen molar-refractivity contribution in [3.05, 3.63) is 70.5 Å². The summed E-state index contributed by atoms with van der Waals surface area (Å²) in [4.78, 5) is 14.0. The molecule has 0 aromatic heterocycles. The molecule has 1 aliphatic heterocycles. The molecule has 1 atom stereocenters. The summed E-state index contributed by atoms with van der Waals surface area (Å²) >= 11 is 9.90. The summed E-state index contributed by atoms with van der Waals surface area (Å²) in [6, 6.07) is 12.6. The number of ketones is 1. The lowest BCUT2D eigenvalue weighted by Crippen LogP contribution is -2.47. The summed E-state index contributed by atoms with van der Waals surface area (Å²) in [5.74, 6) is 0.535. The van der Waals surface area contributed by atoms with E-state index in [1.165, 1.54) is 37.1 Å². The molecule has 7 heteroatoms. The van der Waals surface area contributed by atoms with E-state index in [4.69, 9.17) is 11.6 Å². The summed E-state index contributed by atoms with van der Waals surface area (Å²) in [6.07, 6.45) is 3.26. The predicted molar refractivity (Wildman–Crippen MR) is 131 cm³/mol. The Balaban J connectivity index is 0.000000654. The largest absolute Gasteiger partial charge is 0.385 e. The minimum atomic E-state index is -0.926. The second-order valence-corrected chi connectivity index (χ2v) is 8.98. The van der Waals surface area contributed by atoms with Gasteiger partial charge in [0.25, 0.3) is 0 Å². The summed E-state index contributed by atoms with van der Waals surface area (Å²) in [5, 5.41) is 21.9. The number of rotatable bonds is 8. The fourth-order valence-corrected chi connectivity index (χ4v) is 4.06. The van der Waals surface area contributed by atoms with E-state index in [2.05, 4.69) is 19.6 Å². The zero-order valence-electron chi connectivity index (χ0n) is 18.5. The molecule has 0 spiro atoms. The first-order chi connectivity index (χ1) is 15.3. The quantitative estimate of drug-likeness (QED) is 0.346. The monoisotopic (exact) mass is 481 g/mol. The number of hydrogen-bond acceptors (Lipinski definition) is 5. The van der Waals surface area contributed by atoms with Crippen molar-refractivity contribution in [2.45, 2.75) is 57.3 Å². The van der Waals surface area contributed by atoms with Gasteiger partial charge in [-0.3, -0.25) is 9.69 Å². The first kappa shape index (κ1) is 26.8. The SMILES string of the molecule is CCCCS.O=C(CCC(O)N1CCC(O)(c2ccc(Cl)cc2)CC1)c1ccc(F)cc1. The van der Waals surface area contributed by atoms with Gasteiger partial charge in [-0.2, -0.15) is 12.6 Å². The zero-order valence-corrected chi connectivity index (χ0v) is 20.2. The molecule has 1 fully saturated rings. The number of likely N-dealkylation sites (tertiary alicyclic amines) is 1. The van der Waals surface area contributed by atoms with Crippen LogP contribution in [0.2, 0.25) is 5.02 Å². The molecule has 32 heavy (non-hydrogen) atoms. The standard InChI is InChI=1S/C21H23ClFNO3.C4H10S/c22-17-5-3-16(4-6-17)21(27)11-13-24(14-12-21)20(26)10-9-19(25)15-1-7-18(23)8-2-15;1-2-3-4-5/h1-8,20,26-27H,9-14H2;5H,2-4H2,1H3. The van der Waals surface area contributed by atoms with E-state index in [9.17, 15) is 19.4 Å². The summed E-state index contributed by atoms with van der Waals surface area (Å²) in [6.45, 7) is 3.23. The predicted octanol–water partition coefficient (Wildman–Crippen LogP) is 5.46. The number of aliphatic hydroxyl groups excluding tert-OH is 1. The topological polar surface area (TPSA) is 60.8 Å². The summed E-state index contributed by atoms with van der Waals surface area (Å²) in [7, 11) is 0. The lowest BCUT2D eigenvalue weighted by molar-refractivity contribution is -0.0792. The van der Waals surface area contributed by atoms with Gasteiger partial charge in [0.1, 0.15) is 12.0 Å². The Labute approximate surface area is 200 Å². The van der Waals surface area contributed by atoms with Gasteiger partial charge in [0.15, 0.2) is 5.78 Å². The number of halogens is 2. The molecule has 0 bridgehead atoms. The number of unbranched alkanes of at least 4 members (excludes halogenated alkanes) is 1. The van der Waals surface area contributed by atoms with Crippen LogP contribution in [0.5, 0.6) is 0 Å². The maximum Gasteiger partial charge on any atom is 0.163 e. The van der Waals surface area contributed by atoms with Crippen LogP contribution in [0.4, 0.5) is 4.39 Å². The molecule has 2 aromatic rings. The van der Waals surface area contributed by atoms with Crippen molar-refractivity contribution < 1.29 is 19.4 Å². The molecule has 0 saturated carbocycles. The molecule has 1 heterocycles. The maximum absolute atomic E-state index is 12.9. The molecule has 0 amide bonds. The number of hydrogen-bond donors (Lipinski definition) is 3. The third kappa shape index (κ3) is 8.16. The molecule has 0 aliphatic carbocycles. The van der Waals surface area contributed by atoms with Crippen LogP contribution in [0, 0.1) is 5.82 Å². The molecule has 1 unspecified atom stereocenters. The van der Waals surface area contributed by atoms with E-state index in [1.807, 2.05) is 17.0 Å². The van der Waals surface area contributed by atoms with Crippen molar-refractivity contribution in [1.29, 1.82) is 0 Å². The Hall–Kier alpha value is -1.44. The van der Waals surface area contributed by atoms with Gasteiger partial charge in [-0.1, -0.05) is 37.1 Å². The third-order valence-corrected chi connectivity index (χ3v) is 6.30. The van der Waals surface area contributed by atoms with Crippen LogP contribution < -0.4 is 0 Å². The highest BCUT2D eigenvalue weighted by atomic mass is 35.5. The van der Waals surface area contributed by atoms with Gasteiger partial charge in [0.05, 0.1) is 5.60 Å². The van der Waals surface area contributed by atoms with Crippen molar-refractivity contribution in [1.82, 2.24) is 4.90 Å². The number of aliphatic hydroxyl groups is 2.